The predicted octanol–water partition coefficient (Wildman–Crippen LogP) is 1.78. The number of hydrogen-bond acceptors (Lipinski definition) is 5. The molecule has 0 radical (unpaired) electrons. The molecule has 1 aromatic carbocycles. The number of aromatic nitrogens is 2. The summed E-state index contributed by atoms with van der Waals surface area (Å²) in [5.74, 6) is -0.221. The normalized spacial score (nSPS) is 10.4. The number of hydrogen-bond donors (Lipinski definition) is 2. The molecule has 0 spiro atoms. The quantitative estimate of drug-likeness (QED) is 0.839. The number of nitrogen functional groups attached to an aromatic ring is 1. The Hall–Kier alpha value is -2.34. The molecule has 3 N–H and O–H groups in total. The Kier molecular flexibility index (Phi) is 4.59. The van der Waals surface area contributed by atoms with Crippen LogP contribution in [0, 0.1) is 0 Å². The molecule has 0 fully saturated rings. The molecule has 0 saturated heterocycles. The summed E-state index contributed by atoms with van der Waals surface area (Å²) < 4.78 is 4.79. The van der Waals surface area contributed by atoms with E-state index in [1.807, 2.05) is 0 Å². The lowest BCUT2D eigenvalue weighted by atomic mass is 10.2. The van der Waals surface area contributed by atoms with E-state index in [0.717, 1.165) is 0 Å². The minimum Gasteiger partial charge on any atom is -0.466 e. The van der Waals surface area contributed by atoms with Crippen LogP contribution in [-0.4, -0.2) is 22.5 Å². The molecule has 0 bridgehead atoms. The number of anilines is 1. The summed E-state index contributed by atoms with van der Waals surface area (Å²) in [7, 11) is 0. The zero-order valence-electron chi connectivity index (χ0n) is 11.4. The number of ether oxygens (including phenoxy) is 1. The zero-order chi connectivity index (χ0) is 15.4. The van der Waals surface area contributed by atoms with E-state index in [2.05, 4.69) is 9.97 Å². The molecule has 0 saturated carbocycles. The summed E-state index contributed by atoms with van der Waals surface area (Å²) in [4.78, 5) is 30.2. The molecule has 2 aromatic rings. The van der Waals surface area contributed by atoms with Crippen LogP contribution in [0.3, 0.4) is 0 Å². The van der Waals surface area contributed by atoms with E-state index in [0.29, 0.717) is 16.4 Å². The Morgan fingerprint density at radius 2 is 2.24 bits per heavy atom. The summed E-state index contributed by atoms with van der Waals surface area (Å²) >= 11 is 5.90. The number of nitrogens with one attached hydrogen (secondary N) is 1. The van der Waals surface area contributed by atoms with Gasteiger partial charge < -0.3 is 15.5 Å². The Labute approximate surface area is 125 Å². The van der Waals surface area contributed by atoms with Gasteiger partial charge in [-0.3, -0.25) is 9.59 Å². The third kappa shape index (κ3) is 3.61. The number of carbonyl (C=O) groups is 1. The van der Waals surface area contributed by atoms with Gasteiger partial charge in [-0.25, -0.2) is 4.98 Å². The molecule has 0 aliphatic carbocycles. The molecule has 0 aliphatic heterocycles. The fourth-order valence-corrected chi connectivity index (χ4v) is 2.01. The van der Waals surface area contributed by atoms with Gasteiger partial charge in [-0.05, 0) is 19.1 Å². The van der Waals surface area contributed by atoms with E-state index >= 15 is 0 Å². The highest BCUT2D eigenvalue weighted by molar-refractivity contribution is 6.30. The molecule has 7 heteroatoms. The van der Waals surface area contributed by atoms with E-state index in [4.69, 9.17) is 22.1 Å². The van der Waals surface area contributed by atoms with Crippen molar-refractivity contribution in [1.82, 2.24) is 9.97 Å². The first-order valence-electron chi connectivity index (χ1n) is 6.31. The number of nitrogens with two attached hydrogens (primary N) is 1. The SMILES string of the molecule is CCOC(=O)Cc1c(N)nc(-c2cccc(Cl)c2)[nH]c1=O. The van der Waals surface area contributed by atoms with Gasteiger partial charge in [0.1, 0.15) is 11.6 Å². The van der Waals surface area contributed by atoms with Gasteiger partial charge >= 0.3 is 5.97 Å². The molecule has 0 unspecified atom stereocenters. The molecule has 0 amide bonds. The molecule has 110 valence electrons. The smallest absolute Gasteiger partial charge is 0.310 e. The number of nitrogens with zero attached hydrogens (tertiary/aromatic N) is 1. The monoisotopic (exact) mass is 307 g/mol. The second kappa shape index (κ2) is 6.41. The second-order valence-electron chi connectivity index (χ2n) is 4.27. The molecule has 21 heavy (non-hydrogen) atoms. The van der Waals surface area contributed by atoms with Gasteiger partial charge in [0.15, 0.2) is 0 Å². The number of esters is 1. The first kappa shape index (κ1) is 15.1. The van der Waals surface area contributed by atoms with E-state index in [1.165, 1.54) is 0 Å². The molecule has 2 rings (SSSR count). The van der Waals surface area contributed by atoms with Gasteiger partial charge in [0, 0.05) is 10.6 Å². The molecule has 0 aliphatic rings. The van der Waals surface area contributed by atoms with Gasteiger partial charge in [0.2, 0.25) is 0 Å². The Bertz CT molecular complexity index is 728. The van der Waals surface area contributed by atoms with Crippen molar-refractivity contribution in [3.05, 3.63) is 45.2 Å². The standard InChI is InChI=1S/C14H14ClN3O3/c1-2-21-11(19)7-10-12(16)17-13(18-14(10)20)8-4-3-5-9(15)6-8/h3-6H,2,7H2,1H3,(H3,16,17,18,20). The van der Waals surface area contributed by atoms with Crippen LogP contribution in [0.25, 0.3) is 11.4 Å². The fourth-order valence-electron chi connectivity index (χ4n) is 1.81. The summed E-state index contributed by atoms with van der Waals surface area (Å²) in [6, 6.07) is 6.85. The molecule has 1 heterocycles. The number of H-pyrrole nitrogens is 1. The van der Waals surface area contributed by atoms with Crippen molar-refractivity contribution in [3.63, 3.8) is 0 Å². The average Bonchev–Trinajstić information content (AvgIpc) is 2.43. The zero-order valence-corrected chi connectivity index (χ0v) is 12.1. The number of halogens is 1. The van der Waals surface area contributed by atoms with Crippen LogP contribution >= 0.6 is 11.6 Å². The lowest BCUT2D eigenvalue weighted by molar-refractivity contribution is -0.142. The van der Waals surface area contributed by atoms with Crippen LogP contribution in [0.15, 0.2) is 29.1 Å². The van der Waals surface area contributed by atoms with Crippen molar-refractivity contribution in [2.45, 2.75) is 13.3 Å². The minimum atomic E-state index is -0.521. The third-order valence-electron chi connectivity index (χ3n) is 2.77. The van der Waals surface area contributed by atoms with Crippen molar-refractivity contribution >= 4 is 23.4 Å². The molecule has 0 atom stereocenters. The van der Waals surface area contributed by atoms with Crippen molar-refractivity contribution in [3.8, 4) is 11.4 Å². The summed E-state index contributed by atoms with van der Waals surface area (Å²) in [6.07, 6.45) is -0.210. The molecule has 6 nitrogen and oxygen atoms in total. The summed E-state index contributed by atoms with van der Waals surface area (Å²) in [5.41, 5.74) is 6.03. The predicted molar refractivity (Wildman–Crippen MR) is 80.1 cm³/mol. The van der Waals surface area contributed by atoms with Crippen LogP contribution in [0.2, 0.25) is 5.02 Å². The number of benzene rings is 1. The van der Waals surface area contributed by atoms with Crippen molar-refractivity contribution in [2.75, 3.05) is 12.3 Å². The van der Waals surface area contributed by atoms with Gasteiger partial charge in [-0.1, -0.05) is 23.7 Å². The van der Waals surface area contributed by atoms with Crippen LogP contribution in [0.5, 0.6) is 0 Å². The fraction of sp³-hybridized carbons (Fsp3) is 0.214. The topological polar surface area (TPSA) is 98.1 Å². The van der Waals surface area contributed by atoms with Crippen LogP contribution in [0.1, 0.15) is 12.5 Å². The van der Waals surface area contributed by atoms with Crippen molar-refractivity contribution in [1.29, 1.82) is 0 Å². The lowest BCUT2D eigenvalue weighted by Crippen LogP contribution is -2.22. The summed E-state index contributed by atoms with van der Waals surface area (Å²) in [6.45, 7) is 1.93. The Morgan fingerprint density at radius 3 is 2.86 bits per heavy atom. The highest BCUT2D eigenvalue weighted by atomic mass is 35.5. The van der Waals surface area contributed by atoms with Crippen LogP contribution in [-0.2, 0) is 16.0 Å². The third-order valence-corrected chi connectivity index (χ3v) is 3.01. The molecular weight excluding hydrogens is 294 g/mol. The molecule has 1 aromatic heterocycles. The van der Waals surface area contributed by atoms with Crippen LogP contribution in [0.4, 0.5) is 5.82 Å². The molecular formula is C14H14ClN3O3. The maximum absolute atomic E-state index is 12.0. The number of aromatic amines is 1. The van der Waals surface area contributed by atoms with Gasteiger partial charge in [0.05, 0.1) is 18.6 Å². The van der Waals surface area contributed by atoms with Crippen LogP contribution < -0.4 is 11.3 Å². The van der Waals surface area contributed by atoms with E-state index in [9.17, 15) is 9.59 Å². The second-order valence-corrected chi connectivity index (χ2v) is 4.71. The first-order chi connectivity index (χ1) is 10.0. The van der Waals surface area contributed by atoms with Gasteiger partial charge in [-0.2, -0.15) is 0 Å². The number of carbonyl (C=O) groups excluding carboxylic acids is 1. The van der Waals surface area contributed by atoms with Crippen molar-refractivity contribution in [2.24, 2.45) is 0 Å². The average molecular weight is 308 g/mol. The van der Waals surface area contributed by atoms with E-state index in [-0.39, 0.29) is 24.4 Å². The first-order valence-corrected chi connectivity index (χ1v) is 6.69. The van der Waals surface area contributed by atoms with E-state index in [1.54, 1.807) is 31.2 Å². The summed E-state index contributed by atoms with van der Waals surface area (Å²) in [5, 5.41) is 0.518. The highest BCUT2D eigenvalue weighted by Gasteiger charge is 2.14. The maximum Gasteiger partial charge on any atom is 0.310 e. The van der Waals surface area contributed by atoms with E-state index < -0.39 is 11.5 Å². The van der Waals surface area contributed by atoms with Crippen molar-refractivity contribution < 1.29 is 9.53 Å². The Balaban J connectivity index is 2.37. The van der Waals surface area contributed by atoms with Gasteiger partial charge in [0.25, 0.3) is 5.56 Å². The minimum absolute atomic E-state index is 0.00165. The lowest BCUT2D eigenvalue weighted by Gasteiger charge is -2.07. The maximum atomic E-state index is 12.0. The van der Waals surface area contributed by atoms with Gasteiger partial charge in [-0.15, -0.1) is 0 Å². The Morgan fingerprint density at radius 1 is 1.48 bits per heavy atom. The largest absolute Gasteiger partial charge is 0.466 e. The number of rotatable bonds is 4. The highest BCUT2D eigenvalue weighted by Crippen LogP contribution is 2.19.